The summed E-state index contributed by atoms with van der Waals surface area (Å²) in [6.07, 6.45) is 1.18. The number of aryl methyl sites for hydroxylation is 3. The zero-order chi connectivity index (χ0) is 15.6. The Kier molecular flexibility index (Phi) is 5.35. The van der Waals surface area contributed by atoms with E-state index in [1.54, 1.807) is 0 Å². The molecule has 0 bridgehead atoms. The van der Waals surface area contributed by atoms with Crippen LogP contribution in [0, 0.1) is 20.8 Å². The second kappa shape index (κ2) is 6.24. The molecule has 0 amide bonds. The van der Waals surface area contributed by atoms with Crippen molar-refractivity contribution in [2.75, 3.05) is 12.8 Å². The van der Waals surface area contributed by atoms with Crippen LogP contribution >= 0.6 is 0 Å². The van der Waals surface area contributed by atoms with E-state index < -0.39 is 15.6 Å². The van der Waals surface area contributed by atoms with Gasteiger partial charge < -0.3 is 5.32 Å². The summed E-state index contributed by atoms with van der Waals surface area (Å²) >= 11 is 0. The minimum atomic E-state index is -3.19. The molecule has 0 aromatic heterocycles. The smallest absolute Gasteiger partial charge is 0.209 e. The molecule has 0 heterocycles. The first-order chi connectivity index (χ1) is 9.00. The average Bonchev–Trinajstić information content (AvgIpc) is 2.21. The third-order valence-electron chi connectivity index (χ3n) is 3.30. The van der Waals surface area contributed by atoms with Gasteiger partial charge in [0.05, 0.1) is 6.26 Å². The summed E-state index contributed by atoms with van der Waals surface area (Å²) in [5.41, 5.74) is 4.59. The maximum atomic E-state index is 11.3. The quantitative estimate of drug-likeness (QED) is 0.845. The molecule has 0 unspecified atom stereocenters. The predicted octanol–water partition coefficient (Wildman–Crippen LogP) is 2.03. The van der Waals surface area contributed by atoms with E-state index >= 15 is 0 Å². The van der Waals surface area contributed by atoms with Crippen molar-refractivity contribution >= 4 is 10.0 Å². The number of rotatable bonds is 6. The van der Waals surface area contributed by atoms with Crippen molar-refractivity contribution in [1.82, 2.24) is 10.0 Å². The van der Waals surface area contributed by atoms with Crippen LogP contribution in [0.25, 0.3) is 0 Å². The molecule has 0 fully saturated rings. The Hall–Kier alpha value is -0.910. The van der Waals surface area contributed by atoms with E-state index in [1.165, 1.54) is 28.5 Å². The van der Waals surface area contributed by atoms with E-state index in [0.29, 0.717) is 6.54 Å². The number of sulfonamides is 1. The van der Waals surface area contributed by atoms with Crippen LogP contribution in [0.1, 0.15) is 36.1 Å². The Morgan fingerprint density at radius 2 is 1.60 bits per heavy atom. The molecule has 0 aliphatic heterocycles. The van der Waals surface area contributed by atoms with E-state index in [4.69, 9.17) is 0 Å². The summed E-state index contributed by atoms with van der Waals surface area (Å²) in [5.74, 6) is 0. The molecular formula is C15H26N2O2S. The van der Waals surface area contributed by atoms with Crippen LogP contribution in [0.5, 0.6) is 0 Å². The topological polar surface area (TPSA) is 58.2 Å². The third kappa shape index (κ3) is 5.61. The SMILES string of the molecule is Cc1cc(C)c(CNCC(C)(C)NS(C)(=O)=O)cc1C. The van der Waals surface area contributed by atoms with Crippen LogP contribution in [-0.4, -0.2) is 26.8 Å². The summed E-state index contributed by atoms with van der Waals surface area (Å²) < 4.78 is 25.2. The van der Waals surface area contributed by atoms with E-state index in [0.717, 1.165) is 6.54 Å². The largest absolute Gasteiger partial charge is 0.311 e. The van der Waals surface area contributed by atoms with Crippen molar-refractivity contribution in [3.05, 3.63) is 34.4 Å². The predicted molar refractivity (Wildman–Crippen MR) is 84.4 cm³/mol. The summed E-state index contributed by atoms with van der Waals surface area (Å²) in [7, 11) is -3.19. The van der Waals surface area contributed by atoms with Crippen LogP contribution in [0.3, 0.4) is 0 Å². The van der Waals surface area contributed by atoms with Crippen molar-refractivity contribution < 1.29 is 8.42 Å². The molecule has 0 aliphatic carbocycles. The second-order valence-corrected chi connectivity index (χ2v) is 7.97. The first-order valence-corrected chi connectivity index (χ1v) is 8.66. The lowest BCUT2D eigenvalue weighted by molar-refractivity contribution is 0.421. The monoisotopic (exact) mass is 298 g/mol. The van der Waals surface area contributed by atoms with Gasteiger partial charge in [-0.3, -0.25) is 0 Å². The fourth-order valence-electron chi connectivity index (χ4n) is 2.26. The molecule has 5 heteroatoms. The summed E-state index contributed by atoms with van der Waals surface area (Å²) in [5, 5.41) is 3.33. The summed E-state index contributed by atoms with van der Waals surface area (Å²) in [4.78, 5) is 0. The summed E-state index contributed by atoms with van der Waals surface area (Å²) in [6, 6.07) is 4.38. The highest BCUT2D eigenvalue weighted by molar-refractivity contribution is 7.88. The maximum absolute atomic E-state index is 11.3. The van der Waals surface area contributed by atoms with Gasteiger partial charge in [0.15, 0.2) is 0 Å². The molecule has 114 valence electrons. The second-order valence-electron chi connectivity index (χ2n) is 6.22. The molecule has 4 nitrogen and oxygen atoms in total. The van der Waals surface area contributed by atoms with Crippen molar-refractivity contribution in [3.63, 3.8) is 0 Å². The molecular weight excluding hydrogens is 272 g/mol. The first kappa shape index (κ1) is 17.1. The standard InChI is InChI=1S/C15H26N2O2S/c1-11-7-13(3)14(8-12(11)2)9-16-10-15(4,5)17-20(6,18)19/h7-8,16-17H,9-10H2,1-6H3. The van der Waals surface area contributed by atoms with Gasteiger partial charge in [-0.25, -0.2) is 13.1 Å². The van der Waals surface area contributed by atoms with Crippen LogP contribution in [0.4, 0.5) is 0 Å². The van der Waals surface area contributed by atoms with Gasteiger partial charge in [-0.2, -0.15) is 0 Å². The average molecular weight is 298 g/mol. The molecule has 20 heavy (non-hydrogen) atoms. The Morgan fingerprint density at radius 1 is 1.05 bits per heavy atom. The molecule has 2 N–H and O–H groups in total. The van der Waals surface area contributed by atoms with Crippen LogP contribution in [-0.2, 0) is 16.6 Å². The van der Waals surface area contributed by atoms with Gasteiger partial charge in [-0.15, -0.1) is 0 Å². The highest BCUT2D eigenvalue weighted by atomic mass is 32.2. The number of hydrogen-bond acceptors (Lipinski definition) is 3. The fraction of sp³-hybridized carbons (Fsp3) is 0.600. The molecule has 0 radical (unpaired) electrons. The van der Waals surface area contributed by atoms with Gasteiger partial charge in [0, 0.05) is 18.6 Å². The number of benzene rings is 1. The lowest BCUT2D eigenvalue weighted by Crippen LogP contribution is -2.49. The van der Waals surface area contributed by atoms with Crippen LogP contribution < -0.4 is 10.0 Å². The van der Waals surface area contributed by atoms with Crippen molar-refractivity contribution in [1.29, 1.82) is 0 Å². The first-order valence-electron chi connectivity index (χ1n) is 6.76. The van der Waals surface area contributed by atoms with Crippen LogP contribution in [0.2, 0.25) is 0 Å². The molecule has 0 spiro atoms. The Labute approximate surface area is 123 Å². The van der Waals surface area contributed by atoms with Gasteiger partial charge in [-0.1, -0.05) is 12.1 Å². The Morgan fingerprint density at radius 3 is 2.15 bits per heavy atom. The van der Waals surface area contributed by atoms with Gasteiger partial charge in [0.1, 0.15) is 0 Å². The van der Waals surface area contributed by atoms with Gasteiger partial charge in [-0.05, 0) is 56.9 Å². The van der Waals surface area contributed by atoms with Crippen LogP contribution in [0.15, 0.2) is 12.1 Å². The zero-order valence-corrected chi connectivity index (χ0v) is 14.1. The van der Waals surface area contributed by atoms with E-state index in [-0.39, 0.29) is 0 Å². The molecule has 1 aromatic rings. The highest BCUT2D eigenvalue weighted by Crippen LogP contribution is 2.15. The van der Waals surface area contributed by atoms with Crippen molar-refractivity contribution in [3.8, 4) is 0 Å². The molecule has 1 aromatic carbocycles. The lowest BCUT2D eigenvalue weighted by atomic mass is 10.0. The third-order valence-corrected chi connectivity index (χ3v) is 4.22. The Balaban J connectivity index is 2.63. The zero-order valence-electron chi connectivity index (χ0n) is 13.3. The number of hydrogen-bond donors (Lipinski definition) is 2. The Bertz CT molecular complexity index is 578. The van der Waals surface area contributed by atoms with Crippen molar-refractivity contribution in [2.24, 2.45) is 0 Å². The van der Waals surface area contributed by atoms with Gasteiger partial charge >= 0.3 is 0 Å². The maximum Gasteiger partial charge on any atom is 0.209 e. The molecule has 0 saturated heterocycles. The van der Waals surface area contributed by atoms with Gasteiger partial charge in [0.2, 0.25) is 10.0 Å². The minimum Gasteiger partial charge on any atom is -0.311 e. The normalized spacial score (nSPS) is 12.7. The fourth-order valence-corrected chi connectivity index (χ4v) is 3.33. The van der Waals surface area contributed by atoms with E-state index in [2.05, 4.69) is 42.9 Å². The molecule has 0 saturated carbocycles. The lowest BCUT2D eigenvalue weighted by Gasteiger charge is -2.25. The summed E-state index contributed by atoms with van der Waals surface area (Å²) in [6.45, 7) is 11.4. The number of nitrogens with one attached hydrogen (secondary N) is 2. The highest BCUT2D eigenvalue weighted by Gasteiger charge is 2.21. The van der Waals surface area contributed by atoms with E-state index in [9.17, 15) is 8.42 Å². The molecule has 0 atom stereocenters. The minimum absolute atomic E-state index is 0.499. The van der Waals surface area contributed by atoms with Crippen molar-refractivity contribution in [2.45, 2.75) is 46.7 Å². The van der Waals surface area contributed by atoms with E-state index in [1.807, 2.05) is 13.8 Å². The van der Waals surface area contributed by atoms with Gasteiger partial charge in [0.25, 0.3) is 0 Å². The molecule has 0 aliphatic rings. The molecule has 1 rings (SSSR count).